The molecule has 20 heavy (non-hydrogen) atoms. The van der Waals surface area contributed by atoms with E-state index in [1.807, 2.05) is 6.92 Å². The predicted octanol–water partition coefficient (Wildman–Crippen LogP) is 2.00. The highest BCUT2D eigenvalue weighted by Crippen LogP contribution is 2.25. The van der Waals surface area contributed by atoms with Gasteiger partial charge < -0.3 is 4.90 Å². The van der Waals surface area contributed by atoms with Crippen molar-refractivity contribution in [2.75, 3.05) is 7.05 Å². The van der Waals surface area contributed by atoms with Crippen LogP contribution in [0.3, 0.4) is 0 Å². The standard InChI is InChI=1S/C12H16ClFN2O3S/c1-4-7(2)16(3)12(17)8-5-11(20(15,18)19)9(13)6-10(8)14/h5-7H,4H2,1-3H3,(H2,15,18,19). The molecule has 1 amide bonds. The molecule has 2 N–H and O–H groups in total. The van der Waals surface area contributed by atoms with Crippen LogP contribution in [0.4, 0.5) is 4.39 Å². The predicted molar refractivity (Wildman–Crippen MR) is 74.6 cm³/mol. The highest BCUT2D eigenvalue weighted by atomic mass is 35.5. The van der Waals surface area contributed by atoms with Crippen LogP contribution in [0, 0.1) is 5.82 Å². The van der Waals surface area contributed by atoms with Gasteiger partial charge in [-0.1, -0.05) is 18.5 Å². The summed E-state index contributed by atoms with van der Waals surface area (Å²) >= 11 is 5.64. The second-order valence-corrected chi connectivity index (χ2v) is 6.42. The van der Waals surface area contributed by atoms with Crippen LogP contribution in [0.5, 0.6) is 0 Å². The smallest absolute Gasteiger partial charge is 0.256 e. The van der Waals surface area contributed by atoms with E-state index in [4.69, 9.17) is 16.7 Å². The van der Waals surface area contributed by atoms with Crippen LogP contribution < -0.4 is 5.14 Å². The molecule has 0 spiro atoms. The SMILES string of the molecule is CCC(C)N(C)C(=O)c1cc(S(N)(=O)=O)c(Cl)cc1F. The van der Waals surface area contributed by atoms with Gasteiger partial charge in [0.1, 0.15) is 10.7 Å². The van der Waals surface area contributed by atoms with Crippen molar-refractivity contribution in [2.45, 2.75) is 31.2 Å². The lowest BCUT2D eigenvalue weighted by molar-refractivity contribution is 0.0735. The molecule has 1 rings (SSSR count). The fraction of sp³-hybridized carbons (Fsp3) is 0.417. The maximum Gasteiger partial charge on any atom is 0.256 e. The van der Waals surface area contributed by atoms with Crippen LogP contribution >= 0.6 is 11.6 Å². The van der Waals surface area contributed by atoms with Crippen molar-refractivity contribution < 1.29 is 17.6 Å². The summed E-state index contributed by atoms with van der Waals surface area (Å²) in [5.74, 6) is -1.51. The average Bonchev–Trinajstić information content (AvgIpc) is 2.34. The van der Waals surface area contributed by atoms with Crippen LogP contribution in [0.1, 0.15) is 30.6 Å². The molecule has 112 valence electrons. The number of nitrogens with zero attached hydrogens (tertiary/aromatic N) is 1. The van der Waals surface area contributed by atoms with Crippen LogP contribution in [0.25, 0.3) is 0 Å². The Morgan fingerprint density at radius 3 is 2.50 bits per heavy atom. The van der Waals surface area contributed by atoms with Crippen molar-refractivity contribution in [3.8, 4) is 0 Å². The summed E-state index contributed by atoms with van der Waals surface area (Å²) in [6.07, 6.45) is 0.680. The van der Waals surface area contributed by atoms with Gasteiger partial charge in [-0.05, 0) is 25.5 Å². The summed E-state index contributed by atoms with van der Waals surface area (Å²) in [5, 5.41) is 4.63. The molecule has 0 fully saturated rings. The van der Waals surface area contributed by atoms with Gasteiger partial charge in [0.15, 0.2) is 0 Å². The van der Waals surface area contributed by atoms with E-state index in [0.29, 0.717) is 6.42 Å². The van der Waals surface area contributed by atoms with Gasteiger partial charge >= 0.3 is 0 Å². The quantitative estimate of drug-likeness (QED) is 0.920. The summed E-state index contributed by atoms with van der Waals surface area (Å²) in [5.41, 5.74) is -0.374. The van der Waals surface area contributed by atoms with Gasteiger partial charge in [0.05, 0.1) is 10.6 Å². The Hall–Kier alpha value is -1.18. The number of benzene rings is 1. The van der Waals surface area contributed by atoms with E-state index in [0.717, 1.165) is 12.1 Å². The van der Waals surface area contributed by atoms with E-state index in [1.54, 1.807) is 6.92 Å². The largest absolute Gasteiger partial charge is 0.339 e. The number of rotatable bonds is 4. The molecule has 0 aliphatic carbocycles. The lowest BCUT2D eigenvalue weighted by atomic mass is 10.1. The molecule has 0 bridgehead atoms. The van der Waals surface area contributed by atoms with Crippen LogP contribution in [-0.4, -0.2) is 32.3 Å². The molecule has 0 aliphatic rings. The molecule has 1 aromatic rings. The van der Waals surface area contributed by atoms with Gasteiger partial charge in [0.25, 0.3) is 5.91 Å². The minimum atomic E-state index is -4.13. The van der Waals surface area contributed by atoms with E-state index in [-0.39, 0.29) is 16.6 Å². The minimum absolute atomic E-state index is 0.115. The normalized spacial score (nSPS) is 13.1. The summed E-state index contributed by atoms with van der Waals surface area (Å²) in [6.45, 7) is 3.68. The number of halogens is 2. The van der Waals surface area contributed by atoms with Gasteiger partial charge in [-0.15, -0.1) is 0 Å². The highest BCUT2D eigenvalue weighted by Gasteiger charge is 2.24. The van der Waals surface area contributed by atoms with Gasteiger partial charge in [0, 0.05) is 13.1 Å². The molecule has 8 heteroatoms. The number of carbonyl (C=O) groups excluding carboxylic acids is 1. The maximum absolute atomic E-state index is 13.8. The molecular formula is C12H16ClFN2O3S. The number of primary sulfonamides is 1. The number of sulfonamides is 1. The molecule has 0 heterocycles. The molecule has 0 saturated carbocycles. The Bertz CT molecular complexity index is 634. The zero-order valence-electron chi connectivity index (χ0n) is 11.4. The second-order valence-electron chi connectivity index (χ2n) is 4.48. The van der Waals surface area contributed by atoms with Gasteiger partial charge in [-0.2, -0.15) is 0 Å². The third-order valence-electron chi connectivity index (χ3n) is 3.13. The monoisotopic (exact) mass is 322 g/mol. The van der Waals surface area contributed by atoms with Crippen LogP contribution in [0.15, 0.2) is 17.0 Å². The first kappa shape index (κ1) is 16.9. The van der Waals surface area contributed by atoms with Gasteiger partial charge in [0.2, 0.25) is 10.0 Å². The van der Waals surface area contributed by atoms with E-state index >= 15 is 0 Å². The summed E-state index contributed by atoms with van der Waals surface area (Å²) in [7, 11) is -2.61. The second kappa shape index (κ2) is 6.07. The van der Waals surface area contributed by atoms with Crippen molar-refractivity contribution in [2.24, 2.45) is 5.14 Å². The number of carbonyl (C=O) groups is 1. The molecule has 0 aliphatic heterocycles. The fourth-order valence-electron chi connectivity index (χ4n) is 1.58. The van der Waals surface area contributed by atoms with Crippen molar-refractivity contribution in [3.05, 3.63) is 28.5 Å². The third-order valence-corrected chi connectivity index (χ3v) is 4.51. The molecular weight excluding hydrogens is 307 g/mol. The Morgan fingerprint density at radius 1 is 1.50 bits per heavy atom. The molecule has 1 unspecified atom stereocenters. The van der Waals surface area contributed by atoms with E-state index < -0.39 is 26.6 Å². The molecule has 0 aromatic heterocycles. The summed E-state index contributed by atoms with van der Waals surface area (Å²) in [6, 6.07) is 1.53. The first-order valence-corrected chi connectivity index (χ1v) is 7.81. The lowest BCUT2D eigenvalue weighted by Crippen LogP contribution is -2.35. The molecule has 1 aromatic carbocycles. The Balaban J connectivity index is 3.36. The number of nitrogens with two attached hydrogens (primary N) is 1. The van der Waals surface area contributed by atoms with E-state index in [9.17, 15) is 17.6 Å². The van der Waals surface area contributed by atoms with Crippen molar-refractivity contribution in [1.82, 2.24) is 4.90 Å². The number of hydrogen-bond acceptors (Lipinski definition) is 3. The topological polar surface area (TPSA) is 80.5 Å². The maximum atomic E-state index is 13.8. The van der Waals surface area contributed by atoms with Crippen LogP contribution in [-0.2, 0) is 10.0 Å². The first-order valence-electron chi connectivity index (χ1n) is 5.88. The van der Waals surface area contributed by atoms with Gasteiger partial charge in [-0.25, -0.2) is 17.9 Å². The zero-order chi connectivity index (χ0) is 15.7. The molecule has 1 atom stereocenters. The van der Waals surface area contributed by atoms with Gasteiger partial charge in [-0.3, -0.25) is 4.79 Å². The minimum Gasteiger partial charge on any atom is -0.339 e. The molecule has 5 nitrogen and oxygen atoms in total. The Labute approximate surface area is 122 Å². The van der Waals surface area contributed by atoms with Crippen molar-refractivity contribution in [3.63, 3.8) is 0 Å². The third kappa shape index (κ3) is 3.47. The number of amides is 1. The summed E-state index contributed by atoms with van der Waals surface area (Å²) in [4.78, 5) is 13.0. The average molecular weight is 323 g/mol. The summed E-state index contributed by atoms with van der Waals surface area (Å²) < 4.78 is 36.5. The van der Waals surface area contributed by atoms with Crippen molar-refractivity contribution in [1.29, 1.82) is 0 Å². The van der Waals surface area contributed by atoms with Crippen molar-refractivity contribution >= 4 is 27.5 Å². The van der Waals surface area contributed by atoms with E-state index in [2.05, 4.69) is 0 Å². The molecule has 0 radical (unpaired) electrons. The van der Waals surface area contributed by atoms with Crippen LogP contribution in [0.2, 0.25) is 5.02 Å². The number of hydrogen-bond donors (Lipinski definition) is 1. The molecule has 0 saturated heterocycles. The lowest BCUT2D eigenvalue weighted by Gasteiger charge is -2.24. The highest BCUT2D eigenvalue weighted by molar-refractivity contribution is 7.89. The first-order chi connectivity index (χ1) is 9.09. The zero-order valence-corrected chi connectivity index (χ0v) is 12.9. The fourth-order valence-corrected chi connectivity index (χ4v) is 2.66. The Kier molecular flexibility index (Phi) is 5.12. The Morgan fingerprint density at radius 2 is 2.05 bits per heavy atom. The van der Waals surface area contributed by atoms with E-state index in [1.165, 1.54) is 11.9 Å².